The molecule has 3 aromatic carbocycles. The molecule has 0 aromatic heterocycles. The van der Waals surface area contributed by atoms with E-state index >= 15 is 0 Å². The minimum atomic E-state index is -4.08. The molecule has 0 unspecified atom stereocenters. The van der Waals surface area contributed by atoms with Crippen LogP contribution in [0.25, 0.3) is 0 Å². The van der Waals surface area contributed by atoms with Gasteiger partial charge < -0.3 is 10.2 Å². The van der Waals surface area contributed by atoms with Crippen LogP contribution in [-0.2, 0) is 26.2 Å². The number of nitrogens with one attached hydrogen (secondary N) is 1. The largest absolute Gasteiger partial charge is 0.352 e. The van der Waals surface area contributed by atoms with Gasteiger partial charge in [-0.05, 0) is 68.5 Å². The van der Waals surface area contributed by atoms with Gasteiger partial charge >= 0.3 is 0 Å². The van der Waals surface area contributed by atoms with E-state index in [4.69, 9.17) is 0 Å². The molecule has 1 aliphatic rings. The van der Waals surface area contributed by atoms with E-state index in [2.05, 4.69) is 5.32 Å². The Morgan fingerprint density at radius 3 is 2.17 bits per heavy atom. The number of nitrogens with zero attached hydrogens (tertiary/aromatic N) is 2. The van der Waals surface area contributed by atoms with Crippen molar-refractivity contribution >= 4 is 27.5 Å². The third-order valence-electron chi connectivity index (χ3n) is 7.56. The summed E-state index contributed by atoms with van der Waals surface area (Å²) >= 11 is 0. The molecule has 40 heavy (non-hydrogen) atoms. The molecular formula is C32H39N3O4S. The molecule has 3 aromatic rings. The number of amides is 2. The third kappa shape index (κ3) is 7.10. The van der Waals surface area contributed by atoms with E-state index in [1.54, 1.807) is 31.2 Å². The number of anilines is 1. The van der Waals surface area contributed by atoms with Crippen LogP contribution < -0.4 is 9.62 Å². The molecule has 0 heterocycles. The fourth-order valence-corrected chi connectivity index (χ4v) is 6.64. The van der Waals surface area contributed by atoms with Gasteiger partial charge in [0.25, 0.3) is 10.0 Å². The van der Waals surface area contributed by atoms with E-state index in [0.29, 0.717) is 5.69 Å². The molecule has 4 rings (SSSR count). The average Bonchev–Trinajstić information content (AvgIpc) is 2.97. The normalized spacial score (nSPS) is 14.8. The standard InChI is InChI=1S/C32H39N3O4S/c1-24-19-20-25(2)30(21-24)35(40(38,39)29-17-11-6-12-18-29)23-31(36)34(22-27-13-7-4-8-14-27)26(3)32(37)33-28-15-9-5-10-16-28/h4,6-8,11-14,17-21,26,28H,5,9-10,15-16,22-23H2,1-3H3,(H,33,37)/t26-/m0/s1. The molecule has 1 saturated carbocycles. The van der Waals surface area contributed by atoms with Crippen LogP contribution >= 0.6 is 0 Å². The SMILES string of the molecule is Cc1ccc(C)c(N(CC(=O)N(Cc2ccccc2)[C@@H](C)C(=O)NC2CCCCC2)S(=O)(=O)c2ccccc2)c1. The second-order valence-electron chi connectivity index (χ2n) is 10.6. The first-order valence-corrected chi connectivity index (χ1v) is 15.4. The van der Waals surface area contributed by atoms with Crippen molar-refractivity contribution in [3.05, 3.63) is 95.6 Å². The summed E-state index contributed by atoms with van der Waals surface area (Å²) in [6.45, 7) is 5.18. The highest BCUT2D eigenvalue weighted by molar-refractivity contribution is 7.92. The number of benzene rings is 3. The summed E-state index contributed by atoms with van der Waals surface area (Å²) in [5.41, 5.74) is 2.91. The Hall–Kier alpha value is -3.65. The Labute approximate surface area is 238 Å². The maximum absolute atomic E-state index is 14.1. The average molecular weight is 562 g/mol. The van der Waals surface area contributed by atoms with Gasteiger partial charge in [-0.15, -0.1) is 0 Å². The lowest BCUT2D eigenvalue weighted by molar-refractivity contribution is -0.139. The van der Waals surface area contributed by atoms with E-state index < -0.39 is 28.5 Å². The number of rotatable bonds is 10. The van der Waals surface area contributed by atoms with Crippen LogP contribution in [0.1, 0.15) is 55.7 Å². The second-order valence-corrected chi connectivity index (χ2v) is 12.5. The highest BCUT2D eigenvalue weighted by atomic mass is 32.2. The first kappa shape index (κ1) is 29.3. The van der Waals surface area contributed by atoms with E-state index in [1.165, 1.54) is 27.8 Å². The molecule has 0 radical (unpaired) electrons. The van der Waals surface area contributed by atoms with Gasteiger partial charge in [0, 0.05) is 12.6 Å². The lowest BCUT2D eigenvalue weighted by Gasteiger charge is -2.33. The predicted octanol–water partition coefficient (Wildman–Crippen LogP) is 5.36. The Bertz CT molecular complexity index is 1400. The minimum Gasteiger partial charge on any atom is -0.352 e. The van der Waals surface area contributed by atoms with Crippen molar-refractivity contribution in [2.75, 3.05) is 10.8 Å². The predicted molar refractivity (Wildman–Crippen MR) is 158 cm³/mol. The topological polar surface area (TPSA) is 86.8 Å². The highest BCUT2D eigenvalue weighted by Crippen LogP contribution is 2.28. The molecule has 7 nitrogen and oxygen atoms in total. The van der Waals surface area contributed by atoms with Crippen LogP contribution in [0.3, 0.4) is 0 Å². The Balaban J connectivity index is 1.68. The van der Waals surface area contributed by atoms with Crippen molar-refractivity contribution in [1.82, 2.24) is 10.2 Å². The Kier molecular flexibility index (Phi) is 9.63. The van der Waals surface area contributed by atoms with Crippen molar-refractivity contribution in [2.24, 2.45) is 0 Å². The maximum Gasteiger partial charge on any atom is 0.264 e. The maximum atomic E-state index is 14.1. The lowest BCUT2D eigenvalue weighted by atomic mass is 9.95. The number of aryl methyl sites for hydroxylation is 2. The number of sulfonamides is 1. The molecule has 212 valence electrons. The van der Waals surface area contributed by atoms with Crippen LogP contribution in [-0.4, -0.2) is 43.8 Å². The molecule has 0 spiro atoms. The summed E-state index contributed by atoms with van der Waals surface area (Å²) in [6, 6.07) is 22.4. The van der Waals surface area contributed by atoms with Crippen molar-refractivity contribution in [3.8, 4) is 0 Å². The molecule has 0 aliphatic heterocycles. The monoisotopic (exact) mass is 561 g/mol. The van der Waals surface area contributed by atoms with Crippen molar-refractivity contribution in [3.63, 3.8) is 0 Å². The summed E-state index contributed by atoms with van der Waals surface area (Å²) in [6.07, 6.45) is 5.19. The van der Waals surface area contributed by atoms with Crippen molar-refractivity contribution in [1.29, 1.82) is 0 Å². The van der Waals surface area contributed by atoms with Gasteiger partial charge in [-0.25, -0.2) is 8.42 Å². The number of carbonyl (C=O) groups is 2. The second kappa shape index (κ2) is 13.1. The zero-order chi connectivity index (χ0) is 28.7. The number of hydrogen-bond acceptors (Lipinski definition) is 4. The smallest absolute Gasteiger partial charge is 0.264 e. The first-order chi connectivity index (χ1) is 19.2. The summed E-state index contributed by atoms with van der Waals surface area (Å²) < 4.78 is 29.1. The van der Waals surface area contributed by atoms with Crippen LogP contribution in [0.15, 0.2) is 83.8 Å². The van der Waals surface area contributed by atoms with Gasteiger partial charge in [-0.3, -0.25) is 13.9 Å². The van der Waals surface area contributed by atoms with Gasteiger partial charge in [0.2, 0.25) is 11.8 Å². The van der Waals surface area contributed by atoms with Crippen LogP contribution in [0, 0.1) is 13.8 Å². The first-order valence-electron chi connectivity index (χ1n) is 14.0. The number of hydrogen-bond donors (Lipinski definition) is 1. The summed E-state index contributed by atoms with van der Waals surface area (Å²) in [5, 5.41) is 3.13. The van der Waals surface area contributed by atoms with E-state index in [1.807, 2.05) is 56.3 Å². The van der Waals surface area contributed by atoms with E-state index in [-0.39, 0.29) is 23.4 Å². The molecule has 1 aliphatic carbocycles. The molecule has 1 fully saturated rings. The third-order valence-corrected chi connectivity index (χ3v) is 9.33. The van der Waals surface area contributed by atoms with Crippen LogP contribution in [0.2, 0.25) is 0 Å². The molecule has 1 N–H and O–H groups in total. The van der Waals surface area contributed by atoms with Gasteiger partial charge in [0.05, 0.1) is 10.6 Å². The minimum absolute atomic E-state index is 0.0985. The molecule has 0 saturated heterocycles. The fourth-order valence-electron chi connectivity index (χ4n) is 5.15. The zero-order valence-electron chi connectivity index (χ0n) is 23.5. The quantitative estimate of drug-likeness (QED) is 0.361. The Morgan fingerprint density at radius 1 is 0.900 bits per heavy atom. The molecule has 2 amide bonds. The summed E-state index contributed by atoms with van der Waals surface area (Å²) in [5.74, 6) is -0.670. The fraction of sp³-hybridized carbons (Fsp3) is 0.375. The number of carbonyl (C=O) groups excluding carboxylic acids is 2. The van der Waals surface area contributed by atoms with Gasteiger partial charge in [0.1, 0.15) is 12.6 Å². The van der Waals surface area contributed by atoms with Gasteiger partial charge in [0.15, 0.2) is 0 Å². The van der Waals surface area contributed by atoms with Gasteiger partial charge in [-0.1, -0.05) is 79.9 Å². The van der Waals surface area contributed by atoms with Crippen molar-refractivity contribution < 1.29 is 18.0 Å². The highest BCUT2D eigenvalue weighted by Gasteiger charge is 2.33. The molecule has 1 atom stereocenters. The molecular weight excluding hydrogens is 522 g/mol. The lowest BCUT2D eigenvalue weighted by Crippen LogP contribution is -2.53. The van der Waals surface area contributed by atoms with E-state index in [0.717, 1.165) is 42.4 Å². The Morgan fingerprint density at radius 2 is 1.52 bits per heavy atom. The molecule has 0 bridgehead atoms. The van der Waals surface area contributed by atoms with Crippen molar-refractivity contribution in [2.45, 2.75) is 76.4 Å². The summed E-state index contributed by atoms with van der Waals surface area (Å²) in [7, 11) is -4.08. The van der Waals surface area contributed by atoms with Gasteiger partial charge in [-0.2, -0.15) is 0 Å². The van der Waals surface area contributed by atoms with Crippen LogP contribution in [0.5, 0.6) is 0 Å². The molecule has 8 heteroatoms. The van der Waals surface area contributed by atoms with E-state index in [9.17, 15) is 18.0 Å². The zero-order valence-corrected chi connectivity index (χ0v) is 24.4. The van der Waals surface area contributed by atoms with Crippen LogP contribution in [0.4, 0.5) is 5.69 Å². The summed E-state index contributed by atoms with van der Waals surface area (Å²) in [4.78, 5) is 29.1.